The van der Waals surface area contributed by atoms with Crippen LogP contribution >= 0.6 is 24.0 Å². The fourth-order valence-corrected chi connectivity index (χ4v) is 2.08. The molecule has 0 radical (unpaired) electrons. The summed E-state index contributed by atoms with van der Waals surface area (Å²) in [5.74, 6) is 1.54. The number of aryl methyl sites for hydroxylation is 1. The van der Waals surface area contributed by atoms with Gasteiger partial charge in [0.2, 0.25) is 5.89 Å². The first kappa shape index (κ1) is 22.2. The molecule has 1 aromatic carbocycles. The molecule has 0 spiro atoms. The summed E-state index contributed by atoms with van der Waals surface area (Å²) >= 11 is 0. The Labute approximate surface area is 166 Å². The lowest BCUT2D eigenvalue weighted by atomic mass is 10.1. The number of aliphatic imine (C=N–C) groups is 1. The fraction of sp³-hybridized carbons (Fsp3) is 0.438. The number of benzene rings is 1. The average molecular weight is 483 g/mol. The van der Waals surface area contributed by atoms with Gasteiger partial charge in [-0.3, -0.25) is 0 Å². The van der Waals surface area contributed by atoms with Crippen LogP contribution in [0, 0.1) is 6.92 Å². The lowest BCUT2D eigenvalue weighted by molar-refractivity contribution is -0.137. The maximum Gasteiger partial charge on any atom is 0.416 e. The van der Waals surface area contributed by atoms with E-state index in [4.69, 9.17) is 4.52 Å². The maximum atomic E-state index is 12.5. The van der Waals surface area contributed by atoms with Crippen molar-refractivity contribution >= 4 is 29.9 Å². The van der Waals surface area contributed by atoms with Crippen molar-refractivity contribution in [3.8, 4) is 0 Å². The first-order valence-corrected chi connectivity index (χ1v) is 7.86. The first-order valence-electron chi connectivity index (χ1n) is 7.86. The summed E-state index contributed by atoms with van der Waals surface area (Å²) in [5, 5.41) is 9.96. The van der Waals surface area contributed by atoms with Crippen molar-refractivity contribution < 1.29 is 17.7 Å². The van der Waals surface area contributed by atoms with Crippen LogP contribution in [0.4, 0.5) is 13.2 Å². The van der Waals surface area contributed by atoms with E-state index in [9.17, 15) is 13.2 Å². The highest BCUT2D eigenvalue weighted by Crippen LogP contribution is 2.29. The molecule has 2 rings (SSSR count). The van der Waals surface area contributed by atoms with Gasteiger partial charge in [0.15, 0.2) is 11.8 Å². The Balaban J connectivity index is 0.00000338. The van der Waals surface area contributed by atoms with Gasteiger partial charge in [0.05, 0.1) is 5.56 Å². The Bertz CT molecular complexity index is 701. The number of nitrogens with one attached hydrogen (secondary N) is 2. The zero-order chi connectivity index (χ0) is 18.3. The van der Waals surface area contributed by atoms with Crippen LogP contribution in [0.3, 0.4) is 0 Å². The number of rotatable bonds is 6. The number of halogens is 4. The number of guanidine groups is 1. The summed E-state index contributed by atoms with van der Waals surface area (Å²) in [6.45, 7) is 5.12. The molecule has 0 bridgehead atoms. The summed E-state index contributed by atoms with van der Waals surface area (Å²) in [5.41, 5.74) is 0.166. The summed E-state index contributed by atoms with van der Waals surface area (Å²) in [6, 6.07) is 5.15. The van der Waals surface area contributed by atoms with Crippen molar-refractivity contribution in [2.24, 2.45) is 4.99 Å². The average Bonchev–Trinajstić information content (AvgIpc) is 2.98. The van der Waals surface area contributed by atoms with E-state index in [0.717, 1.165) is 17.7 Å². The van der Waals surface area contributed by atoms with Crippen LogP contribution in [-0.2, 0) is 19.1 Å². The van der Waals surface area contributed by atoms with Gasteiger partial charge in [-0.2, -0.15) is 18.2 Å². The van der Waals surface area contributed by atoms with Crippen molar-refractivity contribution in [2.75, 3.05) is 13.1 Å². The Kier molecular flexibility index (Phi) is 8.82. The molecule has 1 heterocycles. The predicted octanol–water partition coefficient (Wildman–Crippen LogP) is 3.31. The van der Waals surface area contributed by atoms with Gasteiger partial charge in [0.1, 0.15) is 6.54 Å². The van der Waals surface area contributed by atoms with Gasteiger partial charge >= 0.3 is 6.18 Å². The number of nitrogens with zero attached hydrogens (tertiary/aromatic N) is 3. The van der Waals surface area contributed by atoms with Crippen molar-refractivity contribution in [3.63, 3.8) is 0 Å². The molecular weight excluding hydrogens is 462 g/mol. The second kappa shape index (κ2) is 10.3. The summed E-state index contributed by atoms with van der Waals surface area (Å²) in [4.78, 5) is 8.40. The molecule has 0 unspecified atom stereocenters. The molecule has 0 aliphatic carbocycles. The second-order valence-corrected chi connectivity index (χ2v) is 5.30. The highest BCUT2D eigenvalue weighted by atomic mass is 127. The van der Waals surface area contributed by atoms with Crippen molar-refractivity contribution in [2.45, 2.75) is 33.0 Å². The van der Waals surface area contributed by atoms with E-state index in [1.165, 1.54) is 12.1 Å². The highest BCUT2D eigenvalue weighted by Gasteiger charge is 2.29. The molecule has 26 heavy (non-hydrogen) atoms. The van der Waals surface area contributed by atoms with Crippen LogP contribution in [-0.4, -0.2) is 29.2 Å². The molecule has 0 aliphatic rings. The molecule has 2 N–H and O–H groups in total. The zero-order valence-corrected chi connectivity index (χ0v) is 16.8. The summed E-state index contributed by atoms with van der Waals surface area (Å²) < 4.78 is 42.5. The molecule has 1 aromatic heterocycles. The third-order valence-corrected chi connectivity index (χ3v) is 3.28. The third kappa shape index (κ3) is 7.18. The molecule has 0 saturated heterocycles. The van der Waals surface area contributed by atoms with E-state index in [1.807, 2.05) is 6.92 Å². The Hall–Kier alpha value is -1.85. The number of hydrogen-bond donors (Lipinski definition) is 2. The topological polar surface area (TPSA) is 75.3 Å². The number of alkyl halides is 3. The van der Waals surface area contributed by atoms with E-state index < -0.39 is 11.7 Å². The normalized spacial score (nSPS) is 11.8. The number of hydrogen-bond acceptors (Lipinski definition) is 4. The Morgan fingerprint density at radius 1 is 1.19 bits per heavy atom. The third-order valence-electron chi connectivity index (χ3n) is 3.28. The quantitative estimate of drug-likeness (QED) is 0.375. The van der Waals surface area contributed by atoms with Gasteiger partial charge in [0, 0.05) is 20.0 Å². The monoisotopic (exact) mass is 483 g/mol. The number of aromatic nitrogens is 2. The van der Waals surface area contributed by atoms with Crippen LogP contribution in [0.5, 0.6) is 0 Å². The second-order valence-electron chi connectivity index (χ2n) is 5.30. The SMILES string of the molecule is CCNC(=NCc1noc(C)n1)NCCc1ccc(C(F)(F)F)cc1.I. The van der Waals surface area contributed by atoms with Gasteiger partial charge < -0.3 is 15.2 Å². The minimum atomic E-state index is -4.31. The summed E-state index contributed by atoms with van der Waals surface area (Å²) in [7, 11) is 0. The van der Waals surface area contributed by atoms with Crippen molar-refractivity contribution in [3.05, 3.63) is 47.1 Å². The molecule has 0 aliphatic heterocycles. The van der Waals surface area contributed by atoms with E-state index in [2.05, 4.69) is 25.8 Å². The molecule has 0 fully saturated rings. The Morgan fingerprint density at radius 3 is 2.42 bits per heavy atom. The largest absolute Gasteiger partial charge is 0.416 e. The van der Waals surface area contributed by atoms with E-state index in [1.54, 1.807) is 6.92 Å². The smallest absolute Gasteiger partial charge is 0.357 e. The van der Waals surface area contributed by atoms with Gasteiger partial charge in [-0.05, 0) is 31.0 Å². The van der Waals surface area contributed by atoms with E-state index in [-0.39, 0.29) is 30.5 Å². The van der Waals surface area contributed by atoms with E-state index in [0.29, 0.717) is 37.2 Å². The molecule has 6 nitrogen and oxygen atoms in total. The lowest BCUT2D eigenvalue weighted by Crippen LogP contribution is -2.38. The van der Waals surface area contributed by atoms with Crippen LogP contribution in [0.25, 0.3) is 0 Å². The molecule has 2 aromatic rings. The van der Waals surface area contributed by atoms with Crippen molar-refractivity contribution in [1.29, 1.82) is 0 Å². The zero-order valence-electron chi connectivity index (χ0n) is 14.4. The molecule has 0 saturated carbocycles. The fourth-order valence-electron chi connectivity index (χ4n) is 2.08. The van der Waals surface area contributed by atoms with E-state index >= 15 is 0 Å². The molecule has 10 heteroatoms. The lowest BCUT2D eigenvalue weighted by Gasteiger charge is -2.11. The van der Waals surface area contributed by atoms with Gasteiger partial charge in [-0.1, -0.05) is 17.3 Å². The van der Waals surface area contributed by atoms with Crippen LogP contribution < -0.4 is 10.6 Å². The first-order chi connectivity index (χ1) is 11.9. The Morgan fingerprint density at radius 2 is 1.88 bits per heavy atom. The highest BCUT2D eigenvalue weighted by molar-refractivity contribution is 14.0. The molecule has 144 valence electrons. The van der Waals surface area contributed by atoms with Gasteiger partial charge in [0.25, 0.3) is 0 Å². The van der Waals surface area contributed by atoms with Crippen molar-refractivity contribution in [1.82, 2.24) is 20.8 Å². The molecular formula is C16H21F3IN5O. The van der Waals surface area contributed by atoms with Crippen LogP contribution in [0.15, 0.2) is 33.8 Å². The summed E-state index contributed by atoms with van der Waals surface area (Å²) in [6.07, 6.45) is -3.74. The van der Waals surface area contributed by atoms with Gasteiger partial charge in [-0.15, -0.1) is 24.0 Å². The standard InChI is InChI=1S/C16H20F3N5O.HI/c1-3-20-15(22-10-14-23-11(2)25-24-14)21-9-8-12-4-6-13(7-5-12)16(17,18)19;/h4-7H,3,8-10H2,1-2H3,(H2,20,21,22);1H. The minimum absolute atomic E-state index is 0. The van der Waals surface area contributed by atoms with Crippen LogP contribution in [0.1, 0.15) is 29.8 Å². The predicted molar refractivity (Wildman–Crippen MR) is 102 cm³/mol. The minimum Gasteiger partial charge on any atom is -0.357 e. The van der Waals surface area contributed by atoms with Gasteiger partial charge in [-0.25, -0.2) is 4.99 Å². The van der Waals surface area contributed by atoms with Crippen LogP contribution in [0.2, 0.25) is 0 Å². The molecule has 0 amide bonds. The maximum absolute atomic E-state index is 12.5. The molecule has 0 atom stereocenters.